The Hall–Kier alpha value is -0.880. The second-order valence-corrected chi connectivity index (χ2v) is 5.36. The second kappa shape index (κ2) is 4.97. The molecule has 0 saturated carbocycles. The predicted octanol–water partition coefficient (Wildman–Crippen LogP) is 1.88. The molecule has 1 atom stereocenters. The van der Waals surface area contributed by atoms with Crippen molar-refractivity contribution in [2.75, 3.05) is 0 Å². The number of hydrogen-bond donors (Lipinski definition) is 2. The highest BCUT2D eigenvalue weighted by Crippen LogP contribution is 2.25. The van der Waals surface area contributed by atoms with Crippen LogP contribution in [-0.4, -0.2) is 9.55 Å². The molecule has 86 valence electrons. The number of nitrogens with zero attached hydrogens (tertiary/aromatic N) is 2. The van der Waals surface area contributed by atoms with Crippen LogP contribution in [0.4, 0.5) is 0 Å². The molecule has 1 unspecified atom stereocenters. The molecular weight excluding hydrogens is 244 g/mol. The quantitative estimate of drug-likeness (QED) is 0.649. The summed E-state index contributed by atoms with van der Waals surface area (Å²) in [6.07, 6.45) is 4.40. The Morgan fingerprint density at radius 2 is 2.44 bits per heavy atom. The fraction of sp³-hybridized carbons (Fsp3) is 0.300. The lowest BCUT2D eigenvalue weighted by molar-refractivity contribution is 0.525. The van der Waals surface area contributed by atoms with E-state index in [9.17, 15) is 0 Å². The lowest BCUT2D eigenvalue weighted by Crippen LogP contribution is -2.30. The van der Waals surface area contributed by atoms with E-state index in [-0.39, 0.29) is 6.04 Å². The van der Waals surface area contributed by atoms with Gasteiger partial charge in [-0.3, -0.25) is 11.3 Å². The van der Waals surface area contributed by atoms with Crippen LogP contribution in [0.2, 0.25) is 4.34 Å². The number of aryl methyl sites for hydroxylation is 1. The van der Waals surface area contributed by atoms with Gasteiger partial charge in [-0.1, -0.05) is 11.6 Å². The SMILES string of the molecule is Cn1cncc1C(Cc1ccc(Cl)s1)NN. The molecule has 0 fully saturated rings. The molecule has 2 aromatic heterocycles. The number of nitrogens with two attached hydrogens (primary N) is 1. The highest BCUT2D eigenvalue weighted by molar-refractivity contribution is 7.16. The number of hydrazine groups is 1. The summed E-state index contributed by atoms with van der Waals surface area (Å²) in [4.78, 5) is 5.29. The Labute approximate surface area is 103 Å². The number of aromatic nitrogens is 2. The van der Waals surface area contributed by atoms with Gasteiger partial charge < -0.3 is 4.57 Å². The first-order valence-corrected chi connectivity index (χ1v) is 6.06. The number of halogens is 1. The molecule has 0 radical (unpaired) electrons. The maximum atomic E-state index is 5.89. The predicted molar refractivity (Wildman–Crippen MR) is 66.3 cm³/mol. The highest BCUT2D eigenvalue weighted by atomic mass is 35.5. The summed E-state index contributed by atoms with van der Waals surface area (Å²) < 4.78 is 2.76. The Bertz CT molecular complexity index is 465. The molecule has 6 heteroatoms. The van der Waals surface area contributed by atoms with Crippen molar-refractivity contribution in [1.82, 2.24) is 15.0 Å². The molecule has 2 heterocycles. The van der Waals surface area contributed by atoms with E-state index < -0.39 is 0 Å². The molecule has 0 spiro atoms. The molecule has 16 heavy (non-hydrogen) atoms. The third kappa shape index (κ3) is 2.44. The first-order chi connectivity index (χ1) is 7.70. The van der Waals surface area contributed by atoms with E-state index >= 15 is 0 Å². The van der Waals surface area contributed by atoms with E-state index in [0.29, 0.717) is 0 Å². The second-order valence-electron chi connectivity index (χ2n) is 3.56. The van der Waals surface area contributed by atoms with E-state index in [2.05, 4.69) is 10.4 Å². The van der Waals surface area contributed by atoms with Gasteiger partial charge in [-0.2, -0.15) is 0 Å². The lowest BCUT2D eigenvalue weighted by Gasteiger charge is -2.15. The minimum atomic E-state index is 0.0576. The molecule has 0 bridgehead atoms. The number of rotatable bonds is 4. The molecule has 2 rings (SSSR count). The van der Waals surface area contributed by atoms with Gasteiger partial charge in [-0.05, 0) is 12.1 Å². The maximum absolute atomic E-state index is 5.89. The molecule has 0 saturated heterocycles. The number of thiophene rings is 1. The zero-order valence-corrected chi connectivity index (χ0v) is 10.4. The van der Waals surface area contributed by atoms with Crippen molar-refractivity contribution in [2.24, 2.45) is 12.9 Å². The molecule has 4 nitrogen and oxygen atoms in total. The van der Waals surface area contributed by atoms with Crippen molar-refractivity contribution in [1.29, 1.82) is 0 Å². The average Bonchev–Trinajstić information content (AvgIpc) is 2.84. The zero-order chi connectivity index (χ0) is 11.5. The molecule has 2 aromatic rings. The summed E-state index contributed by atoms with van der Waals surface area (Å²) in [6.45, 7) is 0. The molecule has 0 aliphatic heterocycles. The van der Waals surface area contributed by atoms with Gasteiger partial charge >= 0.3 is 0 Å². The molecule has 3 N–H and O–H groups in total. The van der Waals surface area contributed by atoms with E-state index in [1.807, 2.05) is 29.9 Å². The van der Waals surface area contributed by atoms with Crippen LogP contribution in [0.1, 0.15) is 16.6 Å². The van der Waals surface area contributed by atoms with Gasteiger partial charge in [0.15, 0.2) is 0 Å². The van der Waals surface area contributed by atoms with Gasteiger partial charge in [-0.25, -0.2) is 4.98 Å². The van der Waals surface area contributed by atoms with Gasteiger partial charge in [0.2, 0.25) is 0 Å². The van der Waals surface area contributed by atoms with Gasteiger partial charge in [0.05, 0.1) is 22.4 Å². The van der Waals surface area contributed by atoms with Crippen LogP contribution in [0.15, 0.2) is 24.7 Å². The maximum Gasteiger partial charge on any atom is 0.0946 e. The minimum absolute atomic E-state index is 0.0576. The van der Waals surface area contributed by atoms with Crippen LogP contribution in [0.3, 0.4) is 0 Å². The first kappa shape index (κ1) is 11.6. The van der Waals surface area contributed by atoms with Crippen molar-refractivity contribution in [3.63, 3.8) is 0 Å². The summed E-state index contributed by atoms with van der Waals surface area (Å²) in [7, 11) is 1.95. The summed E-state index contributed by atoms with van der Waals surface area (Å²) in [5, 5.41) is 0. The normalized spacial score (nSPS) is 12.9. The summed E-state index contributed by atoms with van der Waals surface area (Å²) in [5.41, 5.74) is 3.87. The van der Waals surface area contributed by atoms with Crippen LogP contribution in [0.25, 0.3) is 0 Å². The standard InChI is InChI=1S/C10H13ClN4S/c1-15-6-13-5-9(15)8(14-12)4-7-2-3-10(11)16-7/h2-3,5-6,8,14H,4,12H2,1H3. The fourth-order valence-electron chi connectivity index (χ4n) is 1.61. The third-order valence-corrected chi connectivity index (χ3v) is 3.70. The van der Waals surface area contributed by atoms with Crippen molar-refractivity contribution in [3.8, 4) is 0 Å². The Morgan fingerprint density at radius 3 is 2.94 bits per heavy atom. The lowest BCUT2D eigenvalue weighted by atomic mass is 10.1. The molecular formula is C10H13ClN4S. The first-order valence-electron chi connectivity index (χ1n) is 4.87. The van der Waals surface area contributed by atoms with E-state index in [1.54, 1.807) is 17.7 Å². The molecule has 0 aliphatic rings. The van der Waals surface area contributed by atoms with Crippen LogP contribution >= 0.6 is 22.9 Å². The Balaban J connectivity index is 2.15. The number of imidazole rings is 1. The molecule has 0 amide bonds. The van der Waals surface area contributed by atoms with E-state index in [0.717, 1.165) is 16.5 Å². The smallest absolute Gasteiger partial charge is 0.0946 e. The largest absolute Gasteiger partial charge is 0.336 e. The van der Waals surface area contributed by atoms with Crippen molar-refractivity contribution in [3.05, 3.63) is 39.6 Å². The highest BCUT2D eigenvalue weighted by Gasteiger charge is 2.14. The third-order valence-electron chi connectivity index (χ3n) is 2.45. The van der Waals surface area contributed by atoms with Gasteiger partial charge in [-0.15, -0.1) is 11.3 Å². The van der Waals surface area contributed by atoms with E-state index in [1.165, 1.54) is 4.88 Å². The Kier molecular flexibility index (Phi) is 3.60. The van der Waals surface area contributed by atoms with Crippen LogP contribution in [0.5, 0.6) is 0 Å². The van der Waals surface area contributed by atoms with Crippen molar-refractivity contribution >= 4 is 22.9 Å². The number of hydrogen-bond acceptors (Lipinski definition) is 4. The molecule has 0 aromatic carbocycles. The van der Waals surface area contributed by atoms with E-state index in [4.69, 9.17) is 17.4 Å². The van der Waals surface area contributed by atoms with Gasteiger partial charge in [0, 0.05) is 24.5 Å². The number of nitrogens with one attached hydrogen (secondary N) is 1. The van der Waals surface area contributed by atoms with Crippen LogP contribution < -0.4 is 11.3 Å². The monoisotopic (exact) mass is 256 g/mol. The fourth-order valence-corrected chi connectivity index (χ4v) is 2.75. The van der Waals surface area contributed by atoms with Gasteiger partial charge in [0.25, 0.3) is 0 Å². The van der Waals surface area contributed by atoms with Crippen molar-refractivity contribution in [2.45, 2.75) is 12.5 Å². The van der Waals surface area contributed by atoms with Crippen LogP contribution in [0, 0.1) is 0 Å². The molecule has 0 aliphatic carbocycles. The van der Waals surface area contributed by atoms with Crippen LogP contribution in [-0.2, 0) is 13.5 Å². The summed E-state index contributed by atoms with van der Waals surface area (Å²) in [6, 6.07) is 3.98. The Morgan fingerprint density at radius 1 is 1.62 bits per heavy atom. The minimum Gasteiger partial charge on any atom is -0.336 e. The summed E-state index contributed by atoms with van der Waals surface area (Å²) >= 11 is 7.47. The topological polar surface area (TPSA) is 55.9 Å². The van der Waals surface area contributed by atoms with Gasteiger partial charge in [0.1, 0.15) is 0 Å². The summed E-state index contributed by atoms with van der Waals surface area (Å²) in [5.74, 6) is 5.57. The average molecular weight is 257 g/mol. The van der Waals surface area contributed by atoms with Crippen molar-refractivity contribution < 1.29 is 0 Å². The zero-order valence-electron chi connectivity index (χ0n) is 8.85.